The van der Waals surface area contributed by atoms with E-state index in [0.717, 1.165) is 23.4 Å². The minimum Gasteiger partial charge on any atom is -0.489 e. The molecule has 0 saturated heterocycles. The number of hydrogen-bond donors (Lipinski definition) is 2. The second-order valence-corrected chi connectivity index (χ2v) is 5.13. The van der Waals surface area contributed by atoms with Crippen LogP contribution < -0.4 is 10.1 Å². The number of benzene rings is 2. The van der Waals surface area contributed by atoms with Crippen LogP contribution in [0.2, 0.25) is 0 Å². The molecule has 0 aromatic heterocycles. The molecule has 0 aliphatic carbocycles. The molecule has 0 aliphatic rings. The summed E-state index contributed by atoms with van der Waals surface area (Å²) in [5.74, 6) is 0.811. The van der Waals surface area contributed by atoms with E-state index in [4.69, 9.17) is 4.74 Å². The van der Waals surface area contributed by atoms with Crippen LogP contribution in [0.1, 0.15) is 31.1 Å². The Kier molecular flexibility index (Phi) is 5.78. The summed E-state index contributed by atoms with van der Waals surface area (Å²) in [6.07, 6.45) is -0.506. The number of ether oxygens (including phenoxy) is 1. The van der Waals surface area contributed by atoms with E-state index >= 15 is 0 Å². The van der Waals surface area contributed by atoms with Crippen molar-refractivity contribution in [3.05, 3.63) is 65.7 Å². The van der Waals surface area contributed by atoms with Crippen LogP contribution in [0.3, 0.4) is 0 Å². The normalized spacial score (nSPS) is 13.7. The molecule has 0 bridgehead atoms. The summed E-state index contributed by atoms with van der Waals surface area (Å²) < 4.78 is 5.74. The smallest absolute Gasteiger partial charge is 0.119 e. The summed E-state index contributed by atoms with van der Waals surface area (Å²) in [6.45, 7) is 5.41. The number of likely N-dealkylation sites (N-methyl/N-ethyl adjacent to an activating group) is 1. The molecule has 0 amide bonds. The monoisotopic (exact) mass is 285 g/mol. The Balaban J connectivity index is 1.92. The fourth-order valence-corrected chi connectivity index (χ4v) is 2.22. The molecular weight excluding hydrogens is 262 g/mol. The molecule has 112 valence electrons. The summed E-state index contributed by atoms with van der Waals surface area (Å²) >= 11 is 0. The third-order valence-corrected chi connectivity index (χ3v) is 3.47. The van der Waals surface area contributed by atoms with Gasteiger partial charge in [-0.25, -0.2) is 0 Å². The Morgan fingerprint density at radius 1 is 1.05 bits per heavy atom. The lowest BCUT2D eigenvalue weighted by Crippen LogP contribution is -2.31. The van der Waals surface area contributed by atoms with Crippen molar-refractivity contribution in [3.63, 3.8) is 0 Å². The third-order valence-electron chi connectivity index (χ3n) is 3.47. The number of nitrogens with one attached hydrogen (secondary N) is 1. The Hall–Kier alpha value is -1.84. The van der Waals surface area contributed by atoms with Gasteiger partial charge >= 0.3 is 0 Å². The van der Waals surface area contributed by atoms with E-state index < -0.39 is 6.10 Å². The zero-order valence-corrected chi connectivity index (χ0v) is 12.6. The van der Waals surface area contributed by atoms with Crippen LogP contribution in [-0.2, 0) is 6.61 Å². The zero-order valence-electron chi connectivity index (χ0n) is 12.6. The van der Waals surface area contributed by atoms with E-state index in [1.807, 2.05) is 68.4 Å². The fourth-order valence-electron chi connectivity index (χ4n) is 2.22. The zero-order chi connectivity index (χ0) is 15.1. The quantitative estimate of drug-likeness (QED) is 0.820. The molecule has 0 radical (unpaired) electrons. The first-order valence-corrected chi connectivity index (χ1v) is 7.39. The predicted octanol–water partition coefficient (Wildman–Crippen LogP) is 3.30. The lowest BCUT2D eigenvalue weighted by atomic mass is 10.0. The maximum absolute atomic E-state index is 10.2. The van der Waals surface area contributed by atoms with E-state index in [1.165, 1.54) is 0 Å². The molecule has 2 aromatic rings. The molecule has 0 aliphatic heterocycles. The molecule has 0 fully saturated rings. The van der Waals surface area contributed by atoms with E-state index in [2.05, 4.69) is 5.32 Å². The second kappa shape index (κ2) is 7.81. The topological polar surface area (TPSA) is 41.5 Å². The van der Waals surface area contributed by atoms with Crippen molar-refractivity contribution in [2.24, 2.45) is 0 Å². The van der Waals surface area contributed by atoms with Crippen molar-refractivity contribution in [2.45, 2.75) is 32.6 Å². The molecule has 3 heteroatoms. The van der Waals surface area contributed by atoms with E-state index in [1.54, 1.807) is 0 Å². The van der Waals surface area contributed by atoms with Gasteiger partial charge in [0.25, 0.3) is 0 Å². The van der Waals surface area contributed by atoms with Crippen molar-refractivity contribution in [1.29, 1.82) is 0 Å². The molecule has 2 atom stereocenters. The van der Waals surface area contributed by atoms with Crippen LogP contribution in [0.5, 0.6) is 5.75 Å². The molecule has 0 saturated carbocycles. The van der Waals surface area contributed by atoms with Crippen LogP contribution in [0.25, 0.3) is 0 Å². The number of rotatable bonds is 7. The SMILES string of the molecule is CCNC(C)C(O)c1ccc(OCc2ccccc2)cc1. The maximum Gasteiger partial charge on any atom is 0.119 e. The first-order chi connectivity index (χ1) is 10.2. The largest absolute Gasteiger partial charge is 0.489 e. The highest BCUT2D eigenvalue weighted by Gasteiger charge is 2.14. The van der Waals surface area contributed by atoms with Crippen molar-refractivity contribution in [2.75, 3.05) is 6.54 Å². The van der Waals surface area contributed by atoms with Gasteiger partial charge in [-0.05, 0) is 36.7 Å². The van der Waals surface area contributed by atoms with Crippen molar-refractivity contribution in [1.82, 2.24) is 5.32 Å². The number of aliphatic hydroxyl groups excluding tert-OH is 1. The third kappa shape index (κ3) is 4.59. The summed E-state index contributed by atoms with van der Waals surface area (Å²) in [4.78, 5) is 0. The second-order valence-electron chi connectivity index (χ2n) is 5.13. The van der Waals surface area contributed by atoms with Gasteiger partial charge in [-0.2, -0.15) is 0 Å². The summed E-state index contributed by atoms with van der Waals surface area (Å²) in [6, 6.07) is 17.7. The Bertz CT molecular complexity index is 525. The van der Waals surface area contributed by atoms with Crippen molar-refractivity contribution in [3.8, 4) is 5.75 Å². The first kappa shape index (κ1) is 15.5. The van der Waals surface area contributed by atoms with Gasteiger partial charge in [0.05, 0.1) is 6.10 Å². The molecule has 3 nitrogen and oxygen atoms in total. The number of hydrogen-bond acceptors (Lipinski definition) is 3. The Morgan fingerprint density at radius 2 is 1.71 bits per heavy atom. The summed E-state index contributed by atoms with van der Waals surface area (Å²) in [5, 5.41) is 13.4. The standard InChI is InChI=1S/C18H23NO2/c1-3-19-14(2)18(20)16-9-11-17(12-10-16)21-13-15-7-5-4-6-8-15/h4-12,14,18-20H,3,13H2,1-2H3. The molecule has 2 rings (SSSR count). The Labute approximate surface area is 126 Å². The molecule has 2 N–H and O–H groups in total. The lowest BCUT2D eigenvalue weighted by Gasteiger charge is -2.20. The molecule has 2 aromatic carbocycles. The minimum absolute atomic E-state index is 0.0334. The molecule has 2 unspecified atom stereocenters. The highest BCUT2D eigenvalue weighted by molar-refractivity contribution is 5.29. The molecule has 0 heterocycles. The molecular formula is C18H23NO2. The van der Waals surface area contributed by atoms with Gasteiger partial charge in [0.1, 0.15) is 12.4 Å². The van der Waals surface area contributed by atoms with E-state index in [0.29, 0.717) is 6.61 Å². The average molecular weight is 285 g/mol. The van der Waals surface area contributed by atoms with Crippen LogP contribution in [-0.4, -0.2) is 17.7 Å². The van der Waals surface area contributed by atoms with E-state index in [9.17, 15) is 5.11 Å². The van der Waals surface area contributed by atoms with Crippen LogP contribution in [0.15, 0.2) is 54.6 Å². The van der Waals surface area contributed by atoms with Crippen LogP contribution >= 0.6 is 0 Å². The maximum atomic E-state index is 10.2. The highest BCUT2D eigenvalue weighted by atomic mass is 16.5. The lowest BCUT2D eigenvalue weighted by molar-refractivity contribution is 0.137. The van der Waals surface area contributed by atoms with Gasteiger partial charge in [0.15, 0.2) is 0 Å². The van der Waals surface area contributed by atoms with Gasteiger partial charge in [-0.3, -0.25) is 0 Å². The van der Waals surface area contributed by atoms with Crippen LogP contribution in [0, 0.1) is 0 Å². The van der Waals surface area contributed by atoms with Crippen LogP contribution in [0.4, 0.5) is 0 Å². The van der Waals surface area contributed by atoms with Crippen molar-refractivity contribution >= 4 is 0 Å². The molecule has 21 heavy (non-hydrogen) atoms. The van der Waals surface area contributed by atoms with Gasteiger partial charge in [-0.15, -0.1) is 0 Å². The average Bonchev–Trinajstić information content (AvgIpc) is 2.54. The van der Waals surface area contributed by atoms with Gasteiger partial charge in [-0.1, -0.05) is 49.4 Å². The molecule has 0 spiro atoms. The highest BCUT2D eigenvalue weighted by Crippen LogP contribution is 2.21. The predicted molar refractivity (Wildman–Crippen MR) is 85.3 cm³/mol. The van der Waals surface area contributed by atoms with Gasteiger partial charge < -0.3 is 15.2 Å². The fraction of sp³-hybridized carbons (Fsp3) is 0.333. The van der Waals surface area contributed by atoms with E-state index in [-0.39, 0.29) is 6.04 Å². The summed E-state index contributed by atoms with van der Waals surface area (Å²) in [5.41, 5.74) is 2.04. The van der Waals surface area contributed by atoms with Gasteiger partial charge in [0, 0.05) is 6.04 Å². The number of aliphatic hydroxyl groups is 1. The van der Waals surface area contributed by atoms with Gasteiger partial charge in [0.2, 0.25) is 0 Å². The Morgan fingerprint density at radius 3 is 2.33 bits per heavy atom. The first-order valence-electron chi connectivity index (χ1n) is 7.39. The summed E-state index contributed by atoms with van der Waals surface area (Å²) in [7, 11) is 0. The minimum atomic E-state index is -0.506. The van der Waals surface area contributed by atoms with Crippen molar-refractivity contribution < 1.29 is 9.84 Å².